The van der Waals surface area contributed by atoms with Crippen molar-refractivity contribution in [1.29, 1.82) is 0 Å². The zero-order valence-corrected chi connectivity index (χ0v) is 10.2. The molecule has 0 bridgehead atoms. The molecule has 1 unspecified atom stereocenters. The van der Waals surface area contributed by atoms with Gasteiger partial charge in [0.1, 0.15) is 17.5 Å². The van der Waals surface area contributed by atoms with Gasteiger partial charge in [0, 0.05) is 6.42 Å². The predicted molar refractivity (Wildman–Crippen MR) is 60.0 cm³/mol. The largest absolute Gasteiger partial charge is 0.468 e. The zero-order valence-electron chi connectivity index (χ0n) is 10.2. The number of ether oxygens (including phenoxy) is 1. The average molecular weight is 228 g/mol. The number of hydrogen-bond donors (Lipinski definition) is 0. The fraction of sp³-hybridized carbons (Fsp3) is 0.750. The van der Waals surface area contributed by atoms with E-state index in [4.69, 9.17) is 0 Å². The summed E-state index contributed by atoms with van der Waals surface area (Å²) in [6.45, 7) is 3.43. The van der Waals surface area contributed by atoms with Gasteiger partial charge in [-0.25, -0.2) is 0 Å². The van der Waals surface area contributed by atoms with Crippen molar-refractivity contribution in [3.63, 3.8) is 0 Å². The molecule has 0 saturated heterocycles. The van der Waals surface area contributed by atoms with Crippen LogP contribution in [0.2, 0.25) is 0 Å². The molecular weight excluding hydrogens is 208 g/mol. The van der Waals surface area contributed by atoms with Crippen LogP contribution in [0.1, 0.15) is 46.0 Å². The summed E-state index contributed by atoms with van der Waals surface area (Å²) >= 11 is 0. The van der Waals surface area contributed by atoms with Crippen molar-refractivity contribution >= 4 is 18.0 Å². The van der Waals surface area contributed by atoms with E-state index in [1.54, 1.807) is 0 Å². The number of Topliss-reactive ketones (excluding diaryl/α,β-unsaturated/α-hetero) is 1. The zero-order chi connectivity index (χ0) is 12.6. The van der Waals surface area contributed by atoms with Crippen molar-refractivity contribution in [2.75, 3.05) is 7.11 Å². The molecule has 0 amide bonds. The highest BCUT2D eigenvalue weighted by atomic mass is 16.5. The van der Waals surface area contributed by atoms with Crippen molar-refractivity contribution < 1.29 is 19.1 Å². The van der Waals surface area contributed by atoms with Crippen LogP contribution in [0, 0.1) is 5.41 Å². The SMILES string of the molecule is CCCCC(C=O)(CCC(C)=O)C(=O)OC. The summed E-state index contributed by atoms with van der Waals surface area (Å²) < 4.78 is 4.65. The number of ketones is 1. The fourth-order valence-electron chi connectivity index (χ4n) is 1.59. The number of rotatable bonds is 8. The second kappa shape index (κ2) is 7.14. The first kappa shape index (κ1) is 14.8. The Labute approximate surface area is 96.4 Å². The molecule has 16 heavy (non-hydrogen) atoms. The van der Waals surface area contributed by atoms with Crippen LogP contribution >= 0.6 is 0 Å². The van der Waals surface area contributed by atoms with Crippen LogP contribution in [0.4, 0.5) is 0 Å². The monoisotopic (exact) mass is 228 g/mol. The third-order valence-electron chi connectivity index (χ3n) is 2.72. The lowest BCUT2D eigenvalue weighted by Gasteiger charge is -2.24. The van der Waals surface area contributed by atoms with Gasteiger partial charge in [-0.05, 0) is 19.8 Å². The highest BCUT2D eigenvalue weighted by Gasteiger charge is 2.38. The van der Waals surface area contributed by atoms with Gasteiger partial charge in [0.25, 0.3) is 0 Å². The Balaban J connectivity index is 4.72. The number of aldehydes is 1. The van der Waals surface area contributed by atoms with Crippen molar-refractivity contribution in [3.8, 4) is 0 Å². The summed E-state index contributed by atoms with van der Waals surface area (Å²) in [5, 5.41) is 0. The number of carbonyl (C=O) groups excluding carboxylic acids is 3. The highest BCUT2D eigenvalue weighted by Crippen LogP contribution is 2.29. The number of methoxy groups -OCH3 is 1. The lowest BCUT2D eigenvalue weighted by molar-refractivity contribution is -0.155. The molecular formula is C12H20O4. The van der Waals surface area contributed by atoms with E-state index >= 15 is 0 Å². The number of hydrogen-bond acceptors (Lipinski definition) is 4. The average Bonchev–Trinajstić information content (AvgIpc) is 2.29. The molecule has 4 nitrogen and oxygen atoms in total. The normalized spacial score (nSPS) is 13.9. The van der Waals surface area contributed by atoms with E-state index in [0.29, 0.717) is 12.7 Å². The Bertz CT molecular complexity index is 260. The van der Waals surface area contributed by atoms with Crippen LogP contribution in [-0.4, -0.2) is 25.1 Å². The van der Waals surface area contributed by atoms with Gasteiger partial charge >= 0.3 is 5.97 Å². The van der Waals surface area contributed by atoms with Gasteiger partial charge in [0.15, 0.2) is 0 Å². The van der Waals surface area contributed by atoms with Crippen LogP contribution < -0.4 is 0 Å². The van der Waals surface area contributed by atoms with E-state index in [1.807, 2.05) is 6.92 Å². The van der Waals surface area contributed by atoms with E-state index in [1.165, 1.54) is 14.0 Å². The molecule has 0 spiro atoms. The topological polar surface area (TPSA) is 60.4 Å². The van der Waals surface area contributed by atoms with E-state index in [2.05, 4.69) is 4.74 Å². The summed E-state index contributed by atoms with van der Waals surface area (Å²) in [7, 11) is 1.26. The molecule has 92 valence electrons. The molecule has 0 rings (SSSR count). The molecule has 0 aromatic heterocycles. The summed E-state index contributed by atoms with van der Waals surface area (Å²) in [6, 6.07) is 0. The van der Waals surface area contributed by atoms with Gasteiger partial charge in [0.2, 0.25) is 0 Å². The maximum absolute atomic E-state index is 11.6. The standard InChI is InChI=1S/C12H20O4/c1-4-5-7-12(9-13,11(15)16-3)8-6-10(2)14/h9H,4-8H2,1-3H3. The van der Waals surface area contributed by atoms with Crippen LogP contribution in [0.25, 0.3) is 0 Å². The second-order valence-corrected chi connectivity index (χ2v) is 4.07. The summed E-state index contributed by atoms with van der Waals surface area (Å²) in [5.74, 6) is -0.552. The molecule has 0 aromatic carbocycles. The Hall–Kier alpha value is -1.19. The Morgan fingerprint density at radius 1 is 1.31 bits per heavy atom. The predicted octanol–water partition coefficient (Wildman–Crippen LogP) is 1.90. The van der Waals surface area contributed by atoms with Gasteiger partial charge in [-0.1, -0.05) is 19.8 Å². The lowest BCUT2D eigenvalue weighted by atomic mass is 9.79. The molecule has 0 heterocycles. The van der Waals surface area contributed by atoms with Crippen molar-refractivity contribution in [3.05, 3.63) is 0 Å². The molecule has 0 aliphatic rings. The lowest BCUT2D eigenvalue weighted by Crippen LogP contribution is -2.34. The fourth-order valence-corrected chi connectivity index (χ4v) is 1.59. The van der Waals surface area contributed by atoms with Crippen molar-refractivity contribution in [2.24, 2.45) is 5.41 Å². The molecule has 1 atom stereocenters. The minimum atomic E-state index is -1.13. The number of esters is 1. The maximum Gasteiger partial charge on any atom is 0.319 e. The Kier molecular flexibility index (Phi) is 6.61. The van der Waals surface area contributed by atoms with Crippen LogP contribution in [-0.2, 0) is 19.1 Å². The Morgan fingerprint density at radius 2 is 1.94 bits per heavy atom. The minimum absolute atomic E-state index is 0.0216. The number of carbonyl (C=O) groups is 3. The third kappa shape index (κ3) is 4.13. The first-order valence-electron chi connectivity index (χ1n) is 5.56. The molecule has 0 aliphatic heterocycles. The highest BCUT2D eigenvalue weighted by molar-refractivity contribution is 5.93. The quantitative estimate of drug-likeness (QED) is 0.361. The van der Waals surface area contributed by atoms with Gasteiger partial charge in [-0.15, -0.1) is 0 Å². The van der Waals surface area contributed by atoms with Gasteiger partial charge in [-0.3, -0.25) is 4.79 Å². The van der Waals surface area contributed by atoms with Crippen molar-refractivity contribution in [2.45, 2.75) is 46.0 Å². The number of unbranched alkanes of at least 4 members (excludes halogenated alkanes) is 1. The molecule has 0 N–H and O–H groups in total. The first-order chi connectivity index (χ1) is 7.52. The minimum Gasteiger partial charge on any atom is -0.468 e. The van der Waals surface area contributed by atoms with Crippen molar-refractivity contribution in [1.82, 2.24) is 0 Å². The third-order valence-corrected chi connectivity index (χ3v) is 2.72. The summed E-state index contributed by atoms with van der Waals surface area (Å²) in [4.78, 5) is 33.7. The van der Waals surface area contributed by atoms with Crippen LogP contribution in [0.15, 0.2) is 0 Å². The maximum atomic E-state index is 11.6. The van der Waals surface area contributed by atoms with Gasteiger partial charge in [-0.2, -0.15) is 0 Å². The molecule has 0 saturated carbocycles. The molecule has 4 heteroatoms. The van der Waals surface area contributed by atoms with Gasteiger partial charge < -0.3 is 14.3 Å². The van der Waals surface area contributed by atoms with Crippen LogP contribution in [0.3, 0.4) is 0 Å². The molecule has 0 aliphatic carbocycles. The summed E-state index contributed by atoms with van der Waals surface area (Å²) in [6.07, 6.45) is 3.23. The Morgan fingerprint density at radius 3 is 2.31 bits per heavy atom. The summed E-state index contributed by atoms with van der Waals surface area (Å²) in [5.41, 5.74) is -1.13. The molecule has 0 aromatic rings. The van der Waals surface area contributed by atoms with E-state index in [-0.39, 0.29) is 18.6 Å². The second-order valence-electron chi connectivity index (χ2n) is 4.07. The van der Waals surface area contributed by atoms with Crippen LogP contribution in [0.5, 0.6) is 0 Å². The van der Waals surface area contributed by atoms with E-state index < -0.39 is 11.4 Å². The molecule has 0 fully saturated rings. The van der Waals surface area contributed by atoms with Gasteiger partial charge in [0.05, 0.1) is 7.11 Å². The molecule has 0 radical (unpaired) electrons. The first-order valence-corrected chi connectivity index (χ1v) is 5.56. The van der Waals surface area contributed by atoms with E-state index in [0.717, 1.165) is 12.8 Å². The van der Waals surface area contributed by atoms with E-state index in [9.17, 15) is 14.4 Å². The smallest absolute Gasteiger partial charge is 0.319 e.